The van der Waals surface area contributed by atoms with Crippen molar-refractivity contribution in [2.75, 3.05) is 16.4 Å². The highest BCUT2D eigenvalue weighted by Gasteiger charge is 2.36. The number of thioether (sulfide) groups is 1. The van der Waals surface area contributed by atoms with E-state index in [1.165, 1.54) is 0 Å². The topological polar surface area (TPSA) is 71.8 Å². The minimum atomic E-state index is -0.629. The van der Waals surface area contributed by atoms with Crippen LogP contribution in [0.3, 0.4) is 0 Å². The zero-order valence-corrected chi connectivity index (χ0v) is 21.2. The molecule has 6 nitrogen and oxygen atoms in total. The van der Waals surface area contributed by atoms with Gasteiger partial charge in [0.1, 0.15) is 6.04 Å². The third-order valence-corrected chi connectivity index (χ3v) is 7.34. The summed E-state index contributed by atoms with van der Waals surface area (Å²) in [6.07, 6.45) is 1.00. The number of hydrogen-bond donors (Lipinski definition) is 2. The van der Waals surface area contributed by atoms with Crippen LogP contribution in [0, 0.1) is 13.8 Å². The predicted molar refractivity (Wildman–Crippen MR) is 137 cm³/mol. The molecule has 0 saturated heterocycles. The van der Waals surface area contributed by atoms with Crippen LogP contribution in [0.5, 0.6) is 0 Å². The number of nitrogens with one attached hydrogen (secondary N) is 2. The molecule has 0 spiro atoms. The second-order valence-corrected chi connectivity index (χ2v) is 9.79. The Morgan fingerprint density at radius 3 is 2.55 bits per heavy atom. The van der Waals surface area contributed by atoms with Crippen LogP contribution in [0.15, 0.2) is 52.8 Å². The minimum absolute atomic E-state index is 0.251. The van der Waals surface area contributed by atoms with Crippen LogP contribution in [0.4, 0.5) is 11.6 Å². The van der Waals surface area contributed by atoms with Gasteiger partial charge in [0.2, 0.25) is 11.1 Å². The molecule has 0 aliphatic carbocycles. The number of aromatic nitrogens is 3. The van der Waals surface area contributed by atoms with E-state index in [-0.39, 0.29) is 5.91 Å². The normalized spacial score (nSPS) is 15.3. The lowest BCUT2D eigenvalue weighted by Crippen LogP contribution is -2.32. The van der Waals surface area contributed by atoms with Crippen molar-refractivity contribution in [2.24, 2.45) is 0 Å². The lowest BCUT2D eigenvalue weighted by molar-refractivity contribution is -0.113. The maximum absolute atomic E-state index is 13.7. The summed E-state index contributed by atoms with van der Waals surface area (Å²) in [7, 11) is 0. The summed E-state index contributed by atoms with van der Waals surface area (Å²) in [6.45, 7) is 7.96. The Bertz CT molecular complexity index is 1230. The fourth-order valence-corrected chi connectivity index (χ4v) is 5.08. The number of carbonyl (C=O) groups excluding carboxylic acids is 1. The van der Waals surface area contributed by atoms with Crippen LogP contribution in [-0.4, -0.2) is 26.4 Å². The largest absolute Gasteiger partial charge is 0.328 e. The molecule has 0 saturated carbocycles. The summed E-state index contributed by atoms with van der Waals surface area (Å²) in [5.41, 5.74) is 4.64. The number of allylic oxidation sites excluding steroid dienone is 1. The number of halogens is 2. The first-order valence-electron chi connectivity index (χ1n) is 10.7. The molecule has 2 aromatic carbocycles. The molecule has 33 heavy (non-hydrogen) atoms. The molecular weight excluding hydrogens is 477 g/mol. The number of nitrogens with zero attached hydrogens (tertiary/aromatic N) is 3. The standard InChI is InChI=1S/C24H25Cl2N5OS/c1-5-12-33-24-29-23-27-15(4)19(22(32)28-18-11-6-8-13(2)14(18)3)21(31(23)30-24)20-16(25)9-7-10-17(20)26/h6-11,21H,5,12H2,1-4H3,(H,28,32)(H,27,29,30). The SMILES string of the molecule is CCCSc1nc2n(n1)C(c1c(Cl)cccc1Cl)C(C(=O)Nc1cccc(C)c1C)=C(C)N2. The summed E-state index contributed by atoms with van der Waals surface area (Å²) < 4.78 is 1.70. The fourth-order valence-electron chi connectivity index (χ4n) is 3.80. The number of carbonyl (C=O) groups is 1. The second-order valence-electron chi connectivity index (χ2n) is 7.91. The average Bonchev–Trinajstić information content (AvgIpc) is 3.17. The lowest BCUT2D eigenvalue weighted by atomic mass is 9.94. The van der Waals surface area contributed by atoms with Crippen LogP contribution < -0.4 is 10.6 Å². The van der Waals surface area contributed by atoms with E-state index in [2.05, 4.69) is 22.5 Å². The van der Waals surface area contributed by atoms with Crippen molar-refractivity contribution in [2.45, 2.75) is 45.3 Å². The summed E-state index contributed by atoms with van der Waals surface area (Å²) in [5, 5.41) is 12.6. The van der Waals surface area contributed by atoms with Gasteiger partial charge >= 0.3 is 0 Å². The number of benzene rings is 2. The summed E-state index contributed by atoms with van der Waals surface area (Å²) >= 11 is 14.8. The average molecular weight is 502 g/mol. The van der Waals surface area contributed by atoms with E-state index in [1.54, 1.807) is 34.6 Å². The Kier molecular flexibility index (Phi) is 7.02. The smallest absolute Gasteiger partial charge is 0.255 e. The molecule has 172 valence electrons. The zero-order valence-electron chi connectivity index (χ0n) is 18.9. The molecule has 2 heterocycles. The van der Waals surface area contributed by atoms with Gasteiger partial charge in [-0.2, -0.15) is 4.98 Å². The van der Waals surface area contributed by atoms with Crippen molar-refractivity contribution >= 4 is 52.5 Å². The van der Waals surface area contributed by atoms with Gasteiger partial charge in [0, 0.05) is 32.7 Å². The van der Waals surface area contributed by atoms with Gasteiger partial charge in [-0.1, -0.05) is 60.1 Å². The Balaban J connectivity index is 1.83. The van der Waals surface area contributed by atoms with Gasteiger partial charge in [0.25, 0.3) is 5.91 Å². The van der Waals surface area contributed by atoms with E-state index in [9.17, 15) is 4.79 Å². The molecule has 3 aromatic rings. The van der Waals surface area contributed by atoms with Crippen molar-refractivity contribution in [3.05, 3.63) is 74.4 Å². The molecule has 9 heteroatoms. The van der Waals surface area contributed by atoms with E-state index in [0.29, 0.717) is 38.0 Å². The first-order chi connectivity index (χ1) is 15.8. The molecule has 0 bridgehead atoms. The third-order valence-electron chi connectivity index (χ3n) is 5.64. The van der Waals surface area contributed by atoms with Gasteiger partial charge in [-0.3, -0.25) is 4.79 Å². The quantitative estimate of drug-likeness (QED) is 0.370. The number of amides is 1. The van der Waals surface area contributed by atoms with E-state index in [4.69, 9.17) is 28.3 Å². The predicted octanol–water partition coefficient (Wildman–Crippen LogP) is 6.63. The molecule has 0 radical (unpaired) electrons. The van der Waals surface area contributed by atoms with Gasteiger partial charge in [-0.15, -0.1) is 5.10 Å². The van der Waals surface area contributed by atoms with Crippen LogP contribution in [0.1, 0.15) is 43.0 Å². The fraction of sp³-hybridized carbons (Fsp3) is 0.292. The Morgan fingerprint density at radius 2 is 1.85 bits per heavy atom. The minimum Gasteiger partial charge on any atom is -0.328 e. The number of rotatable bonds is 6. The Hall–Kier alpha value is -2.48. The highest BCUT2D eigenvalue weighted by molar-refractivity contribution is 7.99. The number of anilines is 2. The molecule has 1 aromatic heterocycles. The zero-order chi connectivity index (χ0) is 23.7. The summed E-state index contributed by atoms with van der Waals surface area (Å²) in [5.74, 6) is 1.20. The van der Waals surface area contributed by atoms with Crippen molar-refractivity contribution < 1.29 is 4.79 Å². The van der Waals surface area contributed by atoms with E-state index < -0.39 is 6.04 Å². The molecule has 2 N–H and O–H groups in total. The van der Waals surface area contributed by atoms with Gasteiger partial charge < -0.3 is 10.6 Å². The monoisotopic (exact) mass is 501 g/mol. The van der Waals surface area contributed by atoms with Crippen molar-refractivity contribution in [1.29, 1.82) is 0 Å². The molecule has 4 rings (SSSR count). The van der Waals surface area contributed by atoms with E-state index in [1.807, 2.05) is 39.0 Å². The second kappa shape index (κ2) is 9.79. The van der Waals surface area contributed by atoms with Crippen LogP contribution in [-0.2, 0) is 4.79 Å². The molecule has 1 aliphatic heterocycles. The molecule has 1 aliphatic rings. The van der Waals surface area contributed by atoms with Crippen LogP contribution in [0.25, 0.3) is 0 Å². The van der Waals surface area contributed by atoms with Gasteiger partial charge in [0.15, 0.2) is 0 Å². The third kappa shape index (κ3) is 4.63. The maximum Gasteiger partial charge on any atom is 0.255 e. The number of aryl methyl sites for hydroxylation is 1. The molecule has 1 unspecified atom stereocenters. The first-order valence-corrected chi connectivity index (χ1v) is 12.4. The lowest BCUT2D eigenvalue weighted by Gasteiger charge is -2.30. The Labute approximate surface area is 207 Å². The summed E-state index contributed by atoms with van der Waals surface area (Å²) in [4.78, 5) is 18.3. The van der Waals surface area contributed by atoms with Crippen molar-refractivity contribution in [1.82, 2.24) is 14.8 Å². The van der Waals surface area contributed by atoms with Gasteiger partial charge in [-0.25, -0.2) is 4.68 Å². The van der Waals surface area contributed by atoms with Gasteiger partial charge in [-0.05, 0) is 56.5 Å². The Morgan fingerprint density at radius 1 is 1.15 bits per heavy atom. The molecule has 1 amide bonds. The molecular formula is C24H25Cl2N5OS. The number of fused-ring (bicyclic) bond motifs is 1. The van der Waals surface area contributed by atoms with Crippen molar-refractivity contribution in [3.8, 4) is 0 Å². The summed E-state index contributed by atoms with van der Waals surface area (Å²) in [6, 6.07) is 10.5. The van der Waals surface area contributed by atoms with Crippen molar-refractivity contribution in [3.63, 3.8) is 0 Å². The highest BCUT2D eigenvalue weighted by Crippen LogP contribution is 2.42. The van der Waals surface area contributed by atoms with E-state index in [0.717, 1.165) is 29.0 Å². The van der Waals surface area contributed by atoms with E-state index >= 15 is 0 Å². The molecule has 1 atom stereocenters. The van der Waals surface area contributed by atoms with Crippen LogP contribution >= 0.6 is 35.0 Å². The maximum atomic E-state index is 13.7. The number of hydrogen-bond acceptors (Lipinski definition) is 5. The highest BCUT2D eigenvalue weighted by atomic mass is 35.5. The first kappa shape index (κ1) is 23.7. The van der Waals surface area contributed by atoms with Gasteiger partial charge in [0.05, 0.1) is 5.57 Å². The molecule has 0 fully saturated rings. The van der Waals surface area contributed by atoms with Crippen LogP contribution in [0.2, 0.25) is 10.0 Å².